The number of Topliss-reactive ketones (excluding diaryl/α,β-unsaturated/α-hetero) is 2. The molecule has 708 valence electrons. The molecule has 4 saturated carbocycles. The monoisotopic (exact) mass is 1860 g/mol. The van der Waals surface area contributed by atoms with Crippen LogP contribution in [0.2, 0.25) is 0 Å². The molecular weight excluding hydrogens is 1740 g/mol. The van der Waals surface area contributed by atoms with Crippen molar-refractivity contribution in [3.63, 3.8) is 0 Å². The van der Waals surface area contributed by atoms with E-state index in [4.69, 9.17) is 37.9 Å². The average molecular weight is 1860 g/mol. The van der Waals surface area contributed by atoms with Crippen molar-refractivity contribution in [3.05, 3.63) is 72.1 Å². The number of methoxy groups -OCH3 is 2. The van der Waals surface area contributed by atoms with Gasteiger partial charge in [-0.2, -0.15) is 26.3 Å². The molecule has 8 aliphatic rings. The van der Waals surface area contributed by atoms with Gasteiger partial charge in [0.15, 0.2) is 22.8 Å². The maximum atomic E-state index is 15.1. The highest BCUT2D eigenvalue weighted by atomic mass is 32.2. The standard InChI is InChI=1S/2C44H57F5N4O10S/c2*1-8-61-28-13-14-31-32(18-28)51-37(36(50-31)44(47,48)49)62-29-19-33-34(54)22-43(39(57)52-64(58,59)41(5)15-16-41)21-27(43)12-10-9-11-25(2)17-26(24-60-7)30(38(56)53(33)23-29)20-35(55)63-40(3,4)42(6,45)46/h2*10,12-14,18,25-27,29-30,33H,8-9,11,15-17,19-24H2,1-7H3,(H,52,57)/b2*12-10-/t25-,26+,27-,29-,30+,33+,43-;25-,26-,27+,29+,30-,33-,43+/m10/s1. The smallest absolute Gasteiger partial charge is 0.438 e. The number of hydrogen-bond donors (Lipinski definition) is 2. The molecule has 4 aliphatic carbocycles. The number of nitrogens with one attached hydrogen (secondary N) is 2. The molecule has 128 heavy (non-hydrogen) atoms. The number of ether oxygens (including phenoxy) is 8. The van der Waals surface area contributed by atoms with Gasteiger partial charge in [-0.1, -0.05) is 38.2 Å². The number of halogens is 10. The molecule has 6 heterocycles. The van der Waals surface area contributed by atoms with Crippen molar-refractivity contribution in [2.75, 3.05) is 53.7 Å². The Morgan fingerprint density at radius 3 is 1.18 bits per heavy atom. The summed E-state index contributed by atoms with van der Waals surface area (Å²) in [4.78, 5) is 133. The van der Waals surface area contributed by atoms with E-state index in [9.17, 15) is 89.5 Å². The lowest BCUT2D eigenvalue weighted by molar-refractivity contribution is -0.197. The van der Waals surface area contributed by atoms with Crippen LogP contribution < -0.4 is 28.4 Å². The van der Waals surface area contributed by atoms with E-state index in [2.05, 4.69) is 29.4 Å². The Labute approximate surface area is 737 Å². The van der Waals surface area contributed by atoms with Gasteiger partial charge < -0.3 is 47.7 Å². The van der Waals surface area contributed by atoms with Crippen LogP contribution in [-0.2, 0) is 89.7 Å². The maximum absolute atomic E-state index is 15.1. The molecule has 4 amide bonds. The second-order valence-corrected chi connectivity index (χ2v) is 41.8. The van der Waals surface area contributed by atoms with E-state index in [0.717, 1.165) is 37.5 Å². The summed E-state index contributed by atoms with van der Waals surface area (Å²) in [5.74, 6) is -20.8. The fourth-order valence-corrected chi connectivity index (χ4v) is 19.8. The zero-order valence-electron chi connectivity index (χ0n) is 74.1. The van der Waals surface area contributed by atoms with Gasteiger partial charge in [0.25, 0.3) is 11.8 Å². The molecule has 2 N–H and O–H groups in total. The van der Waals surface area contributed by atoms with Gasteiger partial charge in [0.2, 0.25) is 66.8 Å². The molecular formula is C88H114F10N8O20S2. The summed E-state index contributed by atoms with van der Waals surface area (Å²) < 4.78 is 246. The number of ketones is 2. The van der Waals surface area contributed by atoms with Gasteiger partial charge in [-0.05, 0) is 192 Å². The number of rotatable bonds is 26. The van der Waals surface area contributed by atoms with Crippen molar-refractivity contribution < 1.29 is 137 Å². The summed E-state index contributed by atoms with van der Waals surface area (Å²) in [6.45, 7) is 14.9. The van der Waals surface area contributed by atoms with E-state index in [1.165, 1.54) is 64.5 Å². The largest absolute Gasteiger partial charge is 0.494 e. The number of sulfonamides is 2. The highest BCUT2D eigenvalue weighted by molar-refractivity contribution is 7.92. The predicted molar refractivity (Wildman–Crippen MR) is 443 cm³/mol. The van der Waals surface area contributed by atoms with Crippen LogP contribution in [-0.4, -0.2) is 204 Å². The van der Waals surface area contributed by atoms with Crippen molar-refractivity contribution in [1.82, 2.24) is 39.2 Å². The van der Waals surface area contributed by atoms with E-state index in [-0.39, 0.29) is 73.2 Å². The molecule has 40 heteroatoms. The van der Waals surface area contributed by atoms with Gasteiger partial charge in [0.1, 0.15) is 23.7 Å². The zero-order valence-corrected chi connectivity index (χ0v) is 75.7. The lowest BCUT2D eigenvalue weighted by Crippen LogP contribution is -2.49. The lowest BCUT2D eigenvalue weighted by Gasteiger charge is -2.35. The Bertz CT molecular complexity index is 4840. The van der Waals surface area contributed by atoms with Crippen molar-refractivity contribution in [2.45, 2.75) is 268 Å². The van der Waals surface area contributed by atoms with E-state index >= 15 is 9.59 Å². The summed E-state index contributed by atoms with van der Waals surface area (Å²) in [6, 6.07) is 5.34. The first-order valence-electron chi connectivity index (χ1n) is 43.2. The summed E-state index contributed by atoms with van der Waals surface area (Å²) in [6.07, 6.45) is -4.54. The number of allylic oxidation sites excluding steroid dienone is 4. The summed E-state index contributed by atoms with van der Waals surface area (Å²) >= 11 is 0. The molecule has 4 aromatic rings. The molecule has 28 nitrogen and oxygen atoms in total. The van der Waals surface area contributed by atoms with E-state index in [1.807, 2.05) is 26.0 Å². The summed E-state index contributed by atoms with van der Waals surface area (Å²) in [5, 5.41) is 0. The fraction of sp³-hybridized carbons (Fsp3) is 0.682. The molecule has 0 radical (unpaired) electrons. The van der Waals surface area contributed by atoms with Crippen LogP contribution in [0.25, 0.3) is 22.1 Å². The van der Waals surface area contributed by atoms with Gasteiger partial charge in [0, 0.05) is 79.1 Å². The topological polar surface area (TPSA) is 361 Å². The lowest BCUT2D eigenvalue weighted by atomic mass is 9.81. The number of carbonyl (C=O) groups excluding carboxylic acids is 8. The SMILES string of the molecule is CCOc1ccc2nc(C(F)(F)F)c(O[C@@H]3C[C@H]4C(=O)C[C@]5(C(=O)NS(=O)(=O)C6(C)CC6)C[C@H]5/C=C\CC[C@@H](C)C[C@@H](COC)[C@H](CC(=O)OC(C)(C)C(C)(F)F)C(=O)N4C3)nc2c1.CCOc1ccc2nc(C(F)(F)F)c(O[C@@H]3C[C@H]4C(=O)C[C@]5(C(=O)NS(=O)(=O)C6(C)CC6)C[C@H]5/C=C\CC[C@H](C)C[C@@H](COC)[C@H](CC(=O)OC(C)(C)C(C)(F)F)C(=O)N4C3)nc2c1. The number of fused-ring (bicyclic) bond motifs is 6. The van der Waals surface area contributed by atoms with Crippen LogP contribution in [0.15, 0.2) is 60.7 Å². The molecule has 2 saturated heterocycles. The van der Waals surface area contributed by atoms with Gasteiger partial charge in [-0.15, -0.1) is 0 Å². The molecule has 6 fully saturated rings. The summed E-state index contributed by atoms with van der Waals surface area (Å²) in [7, 11) is -5.49. The average Bonchev–Trinajstić information content (AvgIpc) is 1.59. The number of benzene rings is 2. The first kappa shape index (κ1) is 99.6. The van der Waals surface area contributed by atoms with Crippen LogP contribution in [0.4, 0.5) is 43.9 Å². The van der Waals surface area contributed by atoms with Crippen molar-refractivity contribution in [3.8, 4) is 23.3 Å². The minimum Gasteiger partial charge on any atom is -0.494 e. The highest BCUT2D eigenvalue weighted by Crippen LogP contribution is 2.60. The number of aromatic nitrogens is 4. The minimum atomic E-state index is -5.06. The molecule has 0 bridgehead atoms. The third kappa shape index (κ3) is 22.5. The molecule has 0 spiro atoms. The Morgan fingerprint density at radius 2 is 0.867 bits per heavy atom. The zero-order chi connectivity index (χ0) is 94.4. The second kappa shape index (κ2) is 37.7. The highest BCUT2D eigenvalue weighted by Gasteiger charge is 2.65. The normalized spacial score (nSPS) is 28.3. The minimum absolute atomic E-state index is 0.000392. The van der Waals surface area contributed by atoms with Gasteiger partial charge in [0.05, 0.1) is 105 Å². The summed E-state index contributed by atoms with van der Waals surface area (Å²) in [5.41, 5.74) is -10.8. The second-order valence-electron chi connectivity index (χ2n) is 37.4. The fourth-order valence-electron chi connectivity index (χ4n) is 17.2. The Balaban J connectivity index is 0.000000248. The van der Waals surface area contributed by atoms with Crippen LogP contribution in [0.3, 0.4) is 0 Å². The van der Waals surface area contributed by atoms with E-state index in [1.54, 1.807) is 26.0 Å². The Kier molecular flexibility index (Phi) is 29.4. The van der Waals surface area contributed by atoms with Gasteiger partial charge in [-0.25, -0.2) is 54.3 Å². The molecule has 0 unspecified atom stereocenters. The third-order valence-corrected chi connectivity index (χ3v) is 30.8. The maximum Gasteiger partial charge on any atom is 0.438 e. The molecule has 2 aromatic heterocycles. The predicted octanol–water partition coefficient (Wildman–Crippen LogP) is 14.0. The molecule has 12 rings (SSSR count). The van der Waals surface area contributed by atoms with Crippen LogP contribution in [0, 0.1) is 58.2 Å². The van der Waals surface area contributed by atoms with E-state index < -0.39 is 257 Å². The Hall–Kier alpha value is -8.92. The van der Waals surface area contributed by atoms with Crippen molar-refractivity contribution >= 4 is 89.2 Å². The molecule has 4 aliphatic heterocycles. The number of alkyl halides is 10. The molecule has 2 aromatic carbocycles. The number of hydrogen-bond acceptors (Lipinski definition) is 24. The Morgan fingerprint density at radius 1 is 0.516 bits per heavy atom. The number of amides is 4. The number of esters is 2. The van der Waals surface area contributed by atoms with E-state index in [0.29, 0.717) is 89.6 Å². The number of carbonyl (C=O) groups is 8. The van der Waals surface area contributed by atoms with Gasteiger partial charge in [-0.3, -0.25) is 47.8 Å². The quantitative estimate of drug-likeness (QED) is 0.0335. The third-order valence-electron chi connectivity index (χ3n) is 26.5. The number of nitrogens with zero attached hydrogens (tertiary/aromatic N) is 6. The molecule has 14 atom stereocenters. The van der Waals surface area contributed by atoms with Crippen molar-refractivity contribution in [1.29, 1.82) is 0 Å². The van der Waals surface area contributed by atoms with Gasteiger partial charge >= 0.3 is 24.3 Å². The van der Waals surface area contributed by atoms with Crippen LogP contribution in [0.5, 0.6) is 23.3 Å². The first-order valence-corrected chi connectivity index (χ1v) is 46.1. The van der Waals surface area contributed by atoms with Crippen LogP contribution >= 0.6 is 0 Å². The van der Waals surface area contributed by atoms with Crippen LogP contribution in [0.1, 0.15) is 210 Å². The van der Waals surface area contributed by atoms with Crippen molar-refractivity contribution in [2.24, 2.45) is 58.2 Å². The first-order chi connectivity index (χ1) is 59.5.